The first kappa shape index (κ1) is 19.4. The van der Waals surface area contributed by atoms with Crippen molar-refractivity contribution < 1.29 is 14.3 Å². The number of aryl methyl sites for hydroxylation is 1. The normalized spacial score (nSPS) is 15.9. The summed E-state index contributed by atoms with van der Waals surface area (Å²) in [6, 6.07) is 18.5. The Morgan fingerprint density at radius 2 is 1.78 bits per heavy atom. The van der Waals surface area contributed by atoms with Gasteiger partial charge in [-0.3, -0.25) is 4.79 Å². The van der Waals surface area contributed by atoms with Gasteiger partial charge < -0.3 is 14.8 Å². The number of hydrogen-bond donors (Lipinski definition) is 1. The second kappa shape index (κ2) is 9.56. The largest absolute Gasteiger partial charge is 0.494 e. The summed E-state index contributed by atoms with van der Waals surface area (Å²) in [7, 11) is 0. The number of ether oxygens (including phenoxy) is 2. The van der Waals surface area contributed by atoms with Crippen LogP contribution in [0.15, 0.2) is 54.6 Å². The Labute approximate surface area is 161 Å². The highest BCUT2D eigenvalue weighted by Crippen LogP contribution is 2.34. The van der Waals surface area contributed by atoms with E-state index in [1.165, 1.54) is 11.1 Å². The van der Waals surface area contributed by atoms with Crippen LogP contribution in [0.2, 0.25) is 0 Å². The molecule has 1 aliphatic heterocycles. The first-order valence-electron chi connectivity index (χ1n) is 9.77. The molecule has 144 valence electrons. The number of nitrogens with one attached hydrogen (secondary N) is 1. The minimum atomic E-state index is -0.0203. The Morgan fingerprint density at radius 3 is 2.48 bits per heavy atom. The van der Waals surface area contributed by atoms with Crippen LogP contribution in [0.1, 0.15) is 36.8 Å². The lowest BCUT2D eigenvalue weighted by molar-refractivity contribution is -0.121. The minimum Gasteiger partial charge on any atom is -0.494 e. The number of rotatable bonds is 8. The highest BCUT2D eigenvalue weighted by molar-refractivity contribution is 5.76. The topological polar surface area (TPSA) is 47.6 Å². The van der Waals surface area contributed by atoms with Crippen LogP contribution >= 0.6 is 0 Å². The SMILES string of the molecule is Cc1ccc(OCCCC(=O)NCC2(c3ccccc3)CCOCC2)cc1. The molecule has 1 heterocycles. The summed E-state index contributed by atoms with van der Waals surface area (Å²) in [5.41, 5.74) is 2.48. The second-order valence-corrected chi connectivity index (χ2v) is 7.30. The smallest absolute Gasteiger partial charge is 0.220 e. The molecule has 27 heavy (non-hydrogen) atoms. The molecule has 1 amide bonds. The Hall–Kier alpha value is -2.33. The zero-order valence-electron chi connectivity index (χ0n) is 16.1. The van der Waals surface area contributed by atoms with Crippen molar-refractivity contribution in [2.45, 2.75) is 38.0 Å². The van der Waals surface area contributed by atoms with Crippen molar-refractivity contribution in [1.29, 1.82) is 0 Å². The molecule has 4 heteroatoms. The van der Waals surface area contributed by atoms with Gasteiger partial charge in [-0.2, -0.15) is 0 Å². The predicted octanol–water partition coefficient (Wildman–Crippen LogP) is 4.02. The van der Waals surface area contributed by atoms with Gasteiger partial charge in [-0.05, 0) is 43.9 Å². The molecule has 0 bridgehead atoms. The van der Waals surface area contributed by atoms with Gasteiger partial charge in [0.15, 0.2) is 0 Å². The number of carbonyl (C=O) groups is 1. The van der Waals surface area contributed by atoms with Gasteiger partial charge >= 0.3 is 0 Å². The molecule has 0 atom stereocenters. The average molecular weight is 367 g/mol. The lowest BCUT2D eigenvalue weighted by Gasteiger charge is -2.38. The summed E-state index contributed by atoms with van der Waals surface area (Å²) < 4.78 is 11.3. The van der Waals surface area contributed by atoms with Crippen LogP contribution < -0.4 is 10.1 Å². The molecule has 4 nitrogen and oxygen atoms in total. The minimum absolute atomic E-state index is 0.0203. The first-order valence-corrected chi connectivity index (χ1v) is 9.77. The van der Waals surface area contributed by atoms with Crippen molar-refractivity contribution in [2.24, 2.45) is 0 Å². The van der Waals surface area contributed by atoms with E-state index in [-0.39, 0.29) is 11.3 Å². The standard InChI is InChI=1S/C23H29NO3/c1-19-9-11-21(12-10-19)27-15-5-8-22(25)24-18-23(13-16-26-17-14-23)20-6-3-2-4-7-20/h2-4,6-7,9-12H,5,8,13-18H2,1H3,(H,24,25). The molecule has 0 aliphatic carbocycles. The maximum Gasteiger partial charge on any atom is 0.220 e. The van der Waals surface area contributed by atoms with Gasteiger partial charge in [0, 0.05) is 31.6 Å². The Bertz CT molecular complexity index is 706. The van der Waals surface area contributed by atoms with Crippen LogP contribution in [0.4, 0.5) is 0 Å². The van der Waals surface area contributed by atoms with Crippen LogP contribution in [0, 0.1) is 6.92 Å². The van der Waals surface area contributed by atoms with Gasteiger partial charge in [0.25, 0.3) is 0 Å². The van der Waals surface area contributed by atoms with Crippen LogP contribution in [-0.2, 0) is 14.9 Å². The highest BCUT2D eigenvalue weighted by Gasteiger charge is 2.34. The number of carbonyl (C=O) groups excluding carboxylic acids is 1. The molecule has 1 fully saturated rings. The molecular weight excluding hydrogens is 338 g/mol. The molecule has 0 unspecified atom stereocenters. The fraction of sp³-hybridized carbons (Fsp3) is 0.435. The number of amides is 1. The van der Waals surface area contributed by atoms with Gasteiger partial charge in [0.05, 0.1) is 6.61 Å². The molecule has 0 aromatic heterocycles. The number of hydrogen-bond acceptors (Lipinski definition) is 3. The fourth-order valence-electron chi connectivity index (χ4n) is 3.53. The van der Waals surface area contributed by atoms with E-state index in [2.05, 4.69) is 36.5 Å². The molecule has 0 spiro atoms. The summed E-state index contributed by atoms with van der Waals surface area (Å²) >= 11 is 0. The number of benzene rings is 2. The predicted molar refractivity (Wildman–Crippen MR) is 107 cm³/mol. The monoisotopic (exact) mass is 367 g/mol. The summed E-state index contributed by atoms with van der Waals surface area (Å²) in [6.45, 7) is 4.76. The Morgan fingerprint density at radius 1 is 1.07 bits per heavy atom. The maximum absolute atomic E-state index is 12.3. The Kier molecular flexibility index (Phi) is 6.88. The first-order chi connectivity index (χ1) is 13.2. The zero-order chi connectivity index (χ0) is 19.0. The van der Waals surface area contributed by atoms with Crippen molar-refractivity contribution in [3.05, 3.63) is 65.7 Å². The lowest BCUT2D eigenvalue weighted by Crippen LogP contribution is -2.44. The van der Waals surface area contributed by atoms with Gasteiger partial charge in [-0.25, -0.2) is 0 Å². The molecular formula is C23H29NO3. The second-order valence-electron chi connectivity index (χ2n) is 7.30. The van der Waals surface area contributed by atoms with Crippen LogP contribution in [0.5, 0.6) is 5.75 Å². The van der Waals surface area contributed by atoms with Crippen LogP contribution in [-0.4, -0.2) is 32.3 Å². The van der Waals surface area contributed by atoms with E-state index in [0.29, 0.717) is 26.0 Å². The molecule has 1 aliphatic rings. The van der Waals surface area contributed by atoms with Gasteiger partial charge in [0.1, 0.15) is 5.75 Å². The van der Waals surface area contributed by atoms with Crippen molar-refractivity contribution in [3.63, 3.8) is 0 Å². The van der Waals surface area contributed by atoms with Crippen molar-refractivity contribution in [3.8, 4) is 5.75 Å². The summed E-state index contributed by atoms with van der Waals surface area (Å²) in [5, 5.41) is 3.15. The third-order valence-electron chi connectivity index (χ3n) is 5.30. The molecule has 0 saturated carbocycles. The van der Waals surface area contributed by atoms with Gasteiger partial charge in [0.2, 0.25) is 5.91 Å². The van der Waals surface area contributed by atoms with E-state index in [4.69, 9.17) is 9.47 Å². The summed E-state index contributed by atoms with van der Waals surface area (Å²) in [4.78, 5) is 12.3. The fourth-order valence-corrected chi connectivity index (χ4v) is 3.53. The van der Waals surface area contributed by atoms with E-state index in [1.54, 1.807) is 0 Å². The van der Waals surface area contributed by atoms with E-state index in [1.807, 2.05) is 30.3 Å². The van der Waals surface area contributed by atoms with Crippen LogP contribution in [0.3, 0.4) is 0 Å². The highest BCUT2D eigenvalue weighted by atomic mass is 16.5. The quantitative estimate of drug-likeness (QED) is 0.717. The van der Waals surface area contributed by atoms with Crippen molar-refractivity contribution >= 4 is 5.91 Å². The van der Waals surface area contributed by atoms with Gasteiger partial charge in [-0.15, -0.1) is 0 Å². The molecule has 1 saturated heterocycles. The van der Waals surface area contributed by atoms with Crippen LogP contribution in [0.25, 0.3) is 0 Å². The van der Waals surface area contributed by atoms with Crippen molar-refractivity contribution in [1.82, 2.24) is 5.32 Å². The molecule has 2 aromatic rings. The lowest BCUT2D eigenvalue weighted by atomic mass is 9.74. The molecule has 0 radical (unpaired) electrons. The zero-order valence-corrected chi connectivity index (χ0v) is 16.1. The summed E-state index contributed by atoms with van der Waals surface area (Å²) in [5.74, 6) is 0.940. The van der Waals surface area contributed by atoms with E-state index < -0.39 is 0 Å². The molecule has 1 N–H and O–H groups in total. The van der Waals surface area contributed by atoms with E-state index >= 15 is 0 Å². The van der Waals surface area contributed by atoms with E-state index in [0.717, 1.165) is 31.8 Å². The summed E-state index contributed by atoms with van der Waals surface area (Å²) in [6.07, 6.45) is 3.07. The van der Waals surface area contributed by atoms with E-state index in [9.17, 15) is 4.79 Å². The third-order valence-corrected chi connectivity index (χ3v) is 5.30. The molecule has 2 aromatic carbocycles. The average Bonchev–Trinajstić information content (AvgIpc) is 2.72. The maximum atomic E-state index is 12.3. The third kappa shape index (κ3) is 5.57. The molecule has 3 rings (SSSR count). The van der Waals surface area contributed by atoms with Gasteiger partial charge in [-0.1, -0.05) is 48.0 Å². The van der Waals surface area contributed by atoms with Crippen molar-refractivity contribution in [2.75, 3.05) is 26.4 Å². The Balaban J connectivity index is 1.44.